The molecule has 1 saturated heterocycles. The predicted octanol–water partition coefficient (Wildman–Crippen LogP) is 1.16. The SMILES string of the molecule is Cl.NCC1(NC(=O)c2cccc(CN3C(=O)CNC3=O)c2)CCCC1. The molecule has 136 valence electrons. The number of imide groups is 1. The highest BCUT2D eigenvalue weighted by Gasteiger charge is 2.34. The van der Waals surface area contributed by atoms with Crippen LogP contribution in [0.5, 0.6) is 0 Å². The maximum atomic E-state index is 12.6. The number of amides is 4. The summed E-state index contributed by atoms with van der Waals surface area (Å²) in [5.74, 6) is -0.427. The number of halogens is 1. The van der Waals surface area contributed by atoms with Crippen molar-refractivity contribution in [1.29, 1.82) is 0 Å². The Bertz CT molecular complexity index is 658. The lowest BCUT2D eigenvalue weighted by molar-refractivity contribution is -0.125. The molecular weight excluding hydrogens is 344 g/mol. The Balaban J connectivity index is 0.00000225. The van der Waals surface area contributed by atoms with Gasteiger partial charge in [-0.15, -0.1) is 12.4 Å². The standard InChI is InChI=1S/C17H22N4O3.ClH/c18-11-17(6-1-2-7-17)20-15(23)13-5-3-4-12(8-13)10-21-14(22)9-19-16(21)24;/h3-5,8H,1-2,6-7,9-11,18H2,(H,19,24)(H,20,23);1H. The fourth-order valence-electron chi connectivity index (χ4n) is 3.35. The van der Waals surface area contributed by atoms with Gasteiger partial charge in [-0.2, -0.15) is 0 Å². The number of nitrogens with zero attached hydrogens (tertiary/aromatic N) is 1. The van der Waals surface area contributed by atoms with E-state index in [1.54, 1.807) is 24.3 Å². The fraction of sp³-hybridized carbons (Fsp3) is 0.471. The van der Waals surface area contributed by atoms with E-state index < -0.39 is 6.03 Å². The van der Waals surface area contributed by atoms with Crippen molar-refractivity contribution in [2.75, 3.05) is 13.1 Å². The van der Waals surface area contributed by atoms with Crippen molar-refractivity contribution in [3.63, 3.8) is 0 Å². The second kappa shape index (κ2) is 7.84. The Hall–Kier alpha value is -2.12. The number of nitrogens with one attached hydrogen (secondary N) is 2. The van der Waals surface area contributed by atoms with Crippen LogP contribution in [0, 0.1) is 0 Å². The number of hydrogen-bond acceptors (Lipinski definition) is 4. The molecule has 0 radical (unpaired) electrons. The normalized spacial score (nSPS) is 18.7. The Kier molecular flexibility index (Phi) is 6.02. The van der Waals surface area contributed by atoms with Crippen LogP contribution in [0.1, 0.15) is 41.6 Å². The minimum Gasteiger partial charge on any atom is -0.345 e. The highest BCUT2D eigenvalue weighted by Crippen LogP contribution is 2.29. The molecule has 1 saturated carbocycles. The summed E-state index contributed by atoms with van der Waals surface area (Å²) < 4.78 is 0. The van der Waals surface area contributed by atoms with Gasteiger partial charge >= 0.3 is 6.03 Å². The second-order valence-corrected chi connectivity index (χ2v) is 6.48. The van der Waals surface area contributed by atoms with Crippen LogP contribution in [0.2, 0.25) is 0 Å². The van der Waals surface area contributed by atoms with E-state index in [9.17, 15) is 14.4 Å². The summed E-state index contributed by atoms with van der Waals surface area (Å²) in [6, 6.07) is 6.59. The lowest BCUT2D eigenvalue weighted by Gasteiger charge is -2.28. The molecule has 0 aromatic heterocycles. The summed E-state index contributed by atoms with van der Waals surface area (Å²) in [6.07, 6.45) is 3.95. The number of benzene rings is 1. The maximum Gasteiger partial charge on any atom is 0.324 e. The van der Waals surface area contributed by atoms with E-state index in [2.05, 4.69) is 10.6 Å². The summed E-state index contributed by atoms with van der Waals surface area (Å²) in [7, 11) is 0. The zero-order chi connectivity index (χ0) is 17.2. The summed E-state index contributed by atoms with van der Waals surface area (Å²) in [4.78, 5) is 37.0. The van der Waals surface area contributed by atoms with Crippen LogP contribution in [0.4, 0.5) is 4.79 Å². The molecule has 2 aliphatic rings. The minimum absolute atomic E-state index is 0. The molecule has 4 amide bonds. The van der Waals surface area contributed by atoms with Gasteiger partial charge in [0.1, 0.15) is 0 Å². The molecule has 1 aliphatic carbocycles. The molecule has 8 heteroatoms. The van der Waals surface area contributed by atoms with E-state index in [-0.39, 0.29) is 42.8 Å². The van der Waals surface area contributed by atoms with Crippen LogP contribution in [-0.4, -0.2) is 41.4 Å². The lowest BCUT2D eigenvalue weighted by atomic mass is 9.97. The smallest absolute Gasteiger partial charge is 0.324 e. The van der Waals surface area contributed by atoms with Crippen LogP contribution in [0.15, 0.2) is 24.3 Å². The lowest BCUT2D eigenvalue weighted by Crippen LogP contribution is -2.51. The zero-order valence-electron chi connectivity index (χ0n) is 13.9. The monoisotopic (exact) mass is 366 g/mol. The summed E-state index contributed by atoms with van der Waals surface area (Å²) >= 11 is 0. The number of urea groups is 1. The molecule has 25 heavy (non-hydrogen) atoms. The molecule has 2 fully saturated rings. The third-order valence-corrected chi connectivity index (χ3v) is 4.80. The van der Waals surface area contributed by atoms with Crippen molar-refractivity contribution in [1.82, 2.24) is 15.5 Å². The quantitative estimate of drug-likeness (QED) is 0.680. The first kappa shape index (κ1) is 19.2. The van der Waals surface area contributed by atoms with Gasteiger partial charge in [-0.05, 0) is 30.5 Å². The molecule has 1 aliphatic heterocycles. The average Bonchev–Trinajstić information content (AvgIpc) is 3.17. The van der Waals surface area contributed by atoms with E-state index in [1.165, 1.54) is 0 Å². The van der Waals surface area contributed by atoms with Gasteiger partial charge in [0, 0.05) is 12.1 Å². The van der Waals surface area contributed by atoms with Gasteiger partial charge in [0.25, 0.3) is 5.91 Å². The highest BCUT2D eigenvalue weighted by atomic mass is 35.5. The van der Waals surface area contributed by atoms with Crippen LogP contribution >= 0.6 is 12.4 Å². The predicted molar refractivity (Wildman–Crippen MR) is 95.4 cm³/mol. The van der Waals surface area contributed by atoms with Crippen molar-refractivity contribution in [2.24, 2.45) is 5.73 Å². The maximum absolute atomic E-state index is 12.6. The molecule has 1 aromatic carbocycles. The molecule has 0 spiro atoms. The molecule has 7 nitrogen and oxygen atoms in total. The molecule has 0 atom stereocenters. The summed E-state index contributed by atoms with van der Waals surface area (Å²) in [6.45, 7) is 0.618. The Morgan fingerprint density at radius 2 is 2.00 bits per heavy atom. The van der Waals surface area contributed by atoms with Crippen LogP contribution in [-0.2, 0) is 11.3 Å². The third kappa shape index (κ3) is 4.11. The minimum atomic E-state index is -0.400. The summed E-state index contributed by atoms with van der Waals surface area (Å²) in [5, 5.41) is 5.56. The van der Waals surface area contributed by atoms with Crippen LogP contribution in [0.3, 0.4) is 0 Å². The Morgan fingerprint density at radius 3 is 2.60 bits per heavy atom. The van der Waals surface area contributed by atoms with Gasteiger partial charge < -0.3 is 16.4 Å². The number of nitrogens with two attached hydrogens (primary N) is 1. The molecule has 0 bridgehead atoms. The van der Waals surface area contributed by atoms with Gasteiger partial charge in [-0.25, -0.2) is 4.79 Å². The Morgan fingerprint density at radius 1 is 1.28 bits per heavy atom. The van der Waals surface area contributed by atoms with Crippen molar-refractivity contribution in [2.45, 2.75) is 37.8 Å². The summed E-state index contributed by atoms with van der Waals surface area (Å²) in [5.41, 5.74) is 6.80. The first-order valence-electron chi connectivity index (χ1n) is 8.23. The number of carbonyl (C=O) groups excluding carboxylic acids is 3. The number of rotatable bonds is 5. The van der Waals surface area contributed by atoms with Crippen LogP contribution < -0.4 is 16.4 Å². The Labute approximate surface area is 152 Å². The van der Waals surface area contributed by atoms with E-state index in [0.717, 1.165) is 36.1 Å². The van der Waals surface area contributed by atoms with E-state index >= 15 is 0 Å². The fourth-order valence-corrected chi connectivity index (χ4v) is 3.35. The third-order valence-electron chi connectivity index (χ3n) is 4.80. The first-order chi connectivity index (χ1) is 11.5. The van der Waals surface area contributed by atoms with Crippen molar-refractivity contribution < 1.29 is 14.4 Å². The zero-order valence-corrected chi connectivity index (χ0v) is 14.7. The van der Waals surface area contributed by atoms with Crippen LogP contribution in [0.25, 0.3) is 0 Å². The molecular formula is C17H23ClN4O3. The molecule has 4 N–H and O–H groups in total. The largest absolute Gasteiger partial charge is 0.345 e. The van der Waals surface area contributed by atoms with E-state index in [0.29, 0.717) is 12.1 Å². The highest BCUT2D eigenvalue weighted by molar-refractivity contribution is 6.02. The van der Waals surface area contributed by atoms with Gasteiger partial charge in [-0.1, -0.05) is 25.0 Å². The molecule has 3 rings (SSSR count). The van der Waals surface area contributed by atoms with E-state index in [4.69, 9.17) is 5.73 Å². The van der Waals surface area contributed by atoms with Crippen molar-refractivity contribution in [3.8, 4) is 0 Å². The first-order valence-corrected chi connectivity index (χ1v) is 8.23. The second-order valence-electron chi connectivity index (χ2n) is 6.48. The molecule has 1 aromatic rings. The van der Waals surface area contributed by atoms with E-state index in [1.807, 2.05) is 0 Å². The van der Waals surface area contributed by atoms with Gasteiger partial charge in [0.05, 0.1) is 18.6 Å². The molecule has 1 heterocycles. The topological polar surface area (TPSA) is 105 Å². The average molecular weight is 367 g/mol. The number of hydrogen-bond donors (Lipinski definition) is 3. The number of carbonyl (C=O) groups is 3. The van der Waals surface area contributed by atoms with Gasteiger partial charge in [0.2, 0.25) is 5.91 Å². The van der Waals surface area contributed by atoms with Crippen molar-refractivity contribution in [3.05, 3.63) is 35.4 Å². The van der Waals surface area contributed by atoms with Crippen molar-refractivity contribution >= 4 is 30.3 Å². The van der Waals surface area contributed by atoms with Gasteiger partial charge in [-0.3, -0.25) is 14.5 Å². The molecule has 0 unspecified atom stereocenters. The van der Waals surface area contributed by atoms with Gasteiger partial charge in [0.15, 0.2) is 0 Å².